The zero-order valence-electron chi connectivity index (χ0n) is 22.5. The van der Waals surface area contributed by atoms with Gasteiger partial charge in [-0.25, -0.2) is 4.98 Å². The maximum Gasteiger partial charge on any atom is 0.196 e. The van der Waals surface area contributed by atoms with Crippen LogP contribution < -0.4 is 9.80 Å². The third-order valence-corrected chi connectivity index (χ3v) is 7.45. The number of carbonyl (C=O) groups is 1. The first-order valence-electron chi connectivity index (χ1n) is 13.5. The van der Waals surface area contributed by atoms with E-state index in [9.17, 15) is 10.1 Å². The molecule has 0 fully saturated rings. The van der Waals surface area contributed by atoms with Gasteiger partial charge in [0.1, 0.15) is 17.5 Å². The summed E-state index contributed by atoms with van der Waals surface area (Å²) in [6.07, 6.45) is 0. The molecule has 0 amide bonds. The zero-order valence-corrected chi connectivity index (χ0v) is 22.5. The van der Waals surface area contributed by atoms with Crippen molar-refractivity contribution in [2.75, 3.05) is 22.9 Å². The van der Waals surface area contributed by atoms with Crippen molar-refractivity contribution < 1.29 is 4.79 Å². The minimum absolute atomic E-state index is 0.0880. The van der Waals surface area contributed by atoms with Crippen LogP contribution in [0.1, 0.15) is 35.3 Å². The molecule has 0 spiro atoms. The van der Waals surface area contributed by atoms with Crippen molar-refractivity contribution in [3.63, 3.8) is 0 Å². The van der Waals surface area contributed by atoms with Gasteiger partial charge in [0.2, 0.25) is 0 Å². The summed E-state index contributed by atoms with van der Waals surface area (Å²) < 4.78 is 0. The second kappa shape index (κ2) is 10.5. The van der Waals surface area contributed by atoms with E-state index in [1.165, 1.54) is 0 Å². The SMILES string of the molecule is CCN(CC)c1nc(-c2ccc(N(c3ccccc3)c3ccccc3)cc2)c2c(c1C#N)-c1ccccc1C2=O. The van der Waals surface area contributed by atoms with Gasteiger partial charge in [0.05, 0.1) is 11.3 Å². The predicted molar refractivity (Wildman–Crippen MR) is 162 cm³/mol. The highest BCUT2D eigenvalue weighted by Gasteiger charge is 2.35. The lowest BCUT2D eigenvalue weighted by atomic mass is 9.96. The summed E-state index contributed by atoms with van der Waals surface area (Å²) in [5, 5.41) is 10.3. The molecule has 0 saturated carbocycles. The fourth-order valence-corrected chi connectivity index (χ4v) is 5.53. The van der Waals surface area contributed by atoms with Gasteiger partial charge in [-0.2, -0.15) is 5.26 Å². The van der Waals surface area contributed by atoms with Crippen molar-refractivity contribution in [3.8, 4) is 28.5 Å². The van der Waals surface area contributed by atoms with E-state index in [1.807, 2.05) is 72.8 Å². The molecule has 1 aliphatic rings. The van der Waals surface area contributed by atoms with Gasteiger partial charge in [-0.05, 0) is 55.8 Å². The number of para-hydroxylation sites is 2. The van der Waals surface area contributed by atoms with Gasteiger partial charge in [0.15, 0.2) is 5.78 Å². The number of fused-ring (bicyclic) bond motifs is 3. The maximum atomic E-state index is 13.7. The van der Waals surface area contributed by atoms with E-state index in [1.54, 1.807) is 0 Å². The molecule has 0 bridgehead atoms. The van der Waals surface area contributed by atoms with Gasteiger partial charge in [-0.1, -0.05) is 72.8 Å². The lowest BCUT2D eigenvalue weighted by Crippen LogP contribution is -2.25. The van der Waals surface area contributed by atoms with E-state index in [0.717, 1.165) is 28.2 Å². The summed E-state index contributed by atoms with van der Waals surface area (Å²) in [6, 6.07) is 38.6. The van der Waals surface area contributed by atoms with Crippen molar-refractivity contribution in [1.29, 1.82) is 5.26 Å². The molecular formula is C35H28N4O. The van der Waals surface area contributed by atoms with Crippen molar-refractivity contribution in [2.45, 2.75) is 13.8 Å². The van der Waals surface area contributed by atoms with Crippen LogP contribution in [-0.2, 0) is 0 Å². The average molecular weight is 521 g/mol. The summed E-state index contributed by atoms with van der Waals surface area (Å²) in [5.41, 5.74) is 7.59. The molecule has 194 valence electrons. The fraction of sp³-hybridized carbons (Fsp3) is 0.114. The van der Waals surface area contributed by atoms with Gasteiger partial charge < -0.3 is 9.80 Å². The third kappa shape index (κ3) is 4.11. The normalized spacial score (nSPS) is 11.5. The summed E-state index contributed by atoms with van der Waals surface area (Å²) >= 11 is 0. The standard InChI is InChI=1S/C35H28N4O/c1-3-38(4-2)35-30(23-36)31-28-17-11-12-18-29(28)34(40)32(31)33(37-35)24-19-21-27(22-20-24)39(25-13-7-5-8-14-25)26-15-9-6-10-16-26/h5-22H,3-4H2,1-2H3. The Kier molecular flexibility index (Phi) is 6.59. The summed E-state index contributed by atoms with van der Waals surface area (Å²) in [7, 11) is 0. The monoisotopic (exact) mass is 520 g/mol. The Morgan fingerprint density at radius 2 is 1.20 bits per heavy atom. The largest absolute Gasteiger partial charge is 0.356 e. The Balaban J connectivity index is 1.54. The van der Waals surface area contributed by atoms with Crippen molar-refractivity contribution in [3.05, 3.63) is 126 Å². The third-order valence-electron chi connectivity index (χ3n) is 7.45. The first-order valence-corrected chi connectivity index (χ1v) is 13.5. The second-order valence-corrected chi connectivity index (χ2v) is 9.62. The Morgan fingerprint density at radius 1 is 0.675 bits per heavy atom. The highest BCUT2D eigenvalue weighted by Crippen LogP contribution is 2.46. The van der Waals surface area contributed by atoms with Gasteiger partial charge in [-0.15, -0.1) is 0 Å². The molecule has 0 aliphatic heterocycles. The Hall–Kier alpha value is -5.21. The highest BCUT2D eigenvalue weighted by atomic mass is 16.1. The van der Waals surface area contributed by atoms with Crippen LogP contribution in [0.5, 0.6) is 0 Å². The first kappa shape index (κ1) is 25.1. The first-order chi connectivity index (χ1) is 19.7. The minimum Gasteiger partial charge on any atom is -0.356 e. The maximum absolute atomic E-state index is 13.7. The van der Waals surface area contributed by atoms with Crippen LogP contribution in [0.3, 0.4) is 0 Å². The molecule has 1 heterocycles. The quantitative estimate of drug-likeness (QED) is 0.213. The van der Waals surface area contributed by atoms with E-state index >= 15 is 0 Å². The molecule has 1 aliphatic carbocycles. The molecule has 1 aromatic heterocycles. The molecule has 4 aromatic carbocycles. The van der Waals surface area contributed by atoms with E-state index in [2.05, 4.69) is 66.1 Å². The highest BCUT2D eigenvalue weighted by molar-refractivity contribution is 6.25. The lowest BCUT2D eigenvalue weighted by molar-refractivity contribution is 0.104. The molecule has 5 heteroatoms. The second-order valence-electron chi connectivity index (χ2n) is 9.62. The van der Waals surface area contributed by atoms with E-state index in [4.69, 9.17) is 4.98 Å². The van der Waals surface area contributed by atoms with Gasteiger partial charge in [-0.3, -0.25) is 4.79 Å². The number of carbonyl (C=O) groups excluding carboxylic acids is 1. The lowest BCUT2D eigenvalue weighted by Gasteiger charge is -2.26. The molecule has 0 radical (unpaired) electrons. The van der Waals surface area contributed by atoms with E-state index in [-0.39, 0.29) is 5.78 Å². The molecule has 5 aromatic rings. The van der Waals surface area contributed by atoms with Crippen molar-refractivity contribution in [1.82, 2.24) is 4.98 Å². The molecule has 40 heavy (non-hydrogen) atoms. The molecular weight excluding hydrogens is 492 g/mol. The van der Waals surface area contributed by atoms with Crippen molar-refractivity contribution in [2.24, 2.45) is 0 Å². The Morgan fingerprint density at radius 3 is 1.75 bits per heavy atom. The number of aromatic nitrogens is 1. The molecule has 0 N–H and O–H groups in total. The van der Waals surface area contributed by atoms with E-state index in [0.29, 0.717) is 46.9 Å². The molecule has 6 rings (SSSR count). The summed E-state index contributed by atoms with van der Waals surface area (Å²) in [5.74, 6) is 0.528. The number of anilines is 4. The fourth-order valence-electron chi connectivity index (χ4n) is 5.53. The van der Waals surface area contributed by atoms with Crippen LogP contribution in [0.4, 0.5) is 22.9 Å². The number of benzene rings is 4. The van der Waals surface area contributed by atoms with Crippen LogP contribution in [0.25, 0.3) is 22.4 Å². The van der Waals surface area contributed by atoms with Crippen LogP contribution in [0, 0.1) is 11.3 Å². The zero-order chi connectivity index (χ0) is 27.6. The van der Waals surface area contributed by atoms with Gasteiger partial charge in [0.25, 0.3) is 0 Å². The Bertz CT molecular complexity index is 1700. The number of ketones is 1. The Labute approximate surface area is 234 Å². The van der Waals surface area contributed by atoms with E-state index < -0.39 is 0 Å². The minimum atomic E-state index is -0.0880. The van der Waals surface area contributed by atoms with Crippen LogP contribution in [0.15, 0.2) is 109 Å². The number of hydrogen-bond acceptors (Lipinski definition) is 5. The summed E-state index contributed by atoms with van der Waals surface area (Å²) in [6.45, 7) is 5.51. The predicted octanol–water partition coefficient (Wildman–Crippen LogP) is 8.15. The van der Waals surface area contributed by atoms with Crippen LogP contribution in [-0.4, -0.2) is 23.9 Å². The molecule has 0 unspecified atom stereocenters. The number of nitrogens with zero attached hydrogens (tertiary/aromatic N) is 4. The number of nitriles is 1. The number of pyridine rings is 1. The van der Waals surface area contributed by atoms with Gasteiger partial charge >= 0.3 is 0 Å². The van der Waals surface area contributed by atoms with Crippen LogP contribution >= 0.6 is 0 Å². The average Bonchev–Trinajstić information content (AvgIpc) is 3.31. The molecule has 5 nitrogen and oxygen atoms in total. The van der Waals surface area contributed by atoms with Crippen LogP contribution in [0.2, 0.25) is 0 Å². The number of rotatable bonds is 7. The topological polar surface area (TPSA) is 60.2 Å². The van der Waals surface area contributed by atoms with Crippen molar-refractivity contribution >= 4 is 28.7 Å². The number of hydrogen-bond donors (Lipinski definition) is 0. The summed E-state index contributed by atoms with van der Waals surface area (Å²) in [4.78, 5) is 23.0. The molecule has 0 saturated heterocycles. The smallest absolute Gasteiger partial charge is 0.196 e. The van der Waals surface area contributed by atoms with Gasteiger partial charge in [0, 0.05) is 46.8 Å². The molecule has 0 atom stereocenters.